The van der Waals surface area contributed by atoms with Crippen molar-refractivity contribution in [3.8, 4) is 6.07 Å². The van der Waals surface area contributed by atoms with Crippen molar-refractivity contribution in [2.24, 2.45) is 5.92 Å². The van der Waals surface area contributed by atoms with E-state index in [9.17, 15) is 4.39 Å². The standard InChI is InChI=1S/C17H22FN3/c18-17-6-5-14(9-19)8-15(17)11-21(10-13-3-4-13)12-16-2-1-7-20-16/h5-6,8,13,16,20H,1-4,7,10-12H2. The first-order valence-corrected chi connectivity index (χ1v) is 7.89. The van der Waals surface area contributed by atoms with Gasteiger partial charge in [0.15, 0.2) is 0 Å². The summed E-state index contributed by atoms with van der Waals surface area (Å²) in [6.45, 7) is 3.73. The SMILES string of the molecule is N#Cc1ccc(F)c(CN(CC2CC2)CC2CCCN2)c1. The fourth-order valence-corrected chi connectivity index (χ4v) is 3.10. The van der Waals surface area contributed by atoms with E-state index >= 15 is 0 Å². The summed E-state index contributed by atoms with van der Waals surface area (Å²) in [6, 6.07) is 7.28. The number of hydrogen-bond donors (Lipinski definition) is 1. The zero-order chi connectivity index (χ0) is 14.7. The summed E-state index contributed by atoms with van der Waals surface area (Å²) in [4.78, 5) is 2.36. The van der Waals surface area contributed by atoms with E-state index in [4.69, 9.17) is 5.26 Å². The van der Waals surface area contributed by atoms with Gasteiger partial charge in [-0.25, -0.2) is 4.39 Å². The molecule has 1 aliphatic heterocycles. The lowest BCUT2D eigenvalue weighted by Gasteiger charge is -2.26. The molecule has 1 saturated heterocycles. The molecule has 1 aliphatic carbocycles. The normalized spacial score (nSPS) is 21.7. The van der Waals surface area contributed by atoms with Crippen LogP contribution in [0.2, 0.25) is 0 Å². The highest BCUT2D eigenvalue weighted by Gasteiger charge is 2.27. The fraction of sp³-hybridized carbons (Fsp3) is 0.588. The number of benzene rings is 1. The van der Waals surface area contributed by atoms with Gasteiger partial charge in [-0.05, 0) is 56.3 Å². The third-order valence-corrected chi connectivity index (χ3v) is 4.42. The molecule has 0 radical (unpaired) electrons. The molecule has 112 valence electrons. The van der Waals surface area contributed by atoms with Gasteiger partial charge >= 0.3 is 0 Å². The van der Waals surface area contributed by atoms with Gasteiger partial charge in [-0.15, -0.1) is 0 Å². The summed E-state index contributed by atoms with van der Waals surface area (Å²) in [5, 5.41) is 12.5. The summed E-state index contributed by atoms with van der Waals surface area (Å²) >= 11 is 0. The van der Waals surface area contributed by atoms with Crippen LogP contribution in [-0.2, 0) is 6.54 Å². The van der Waals surface area contributed by atoms with Crippen molar-refractivity contribution in [1.29, 1.82) is 5.26 Å². The van der Waals surface area contributed by atoms with Crippen LogP contribution in [0, 0.1) is 23.1 Å². The minimum atomic E-state index is -0.200. The average Bonchev–Trinajstić information content (AvgIpc) is 3.14. The van der Waals surface area contributed by atoms with E-state index in [1.54, 1.807) is 12.1 Å². The van der Waals surface area contributed by atoms with Gasteiger partial charge in [0, 0.05) is 31.2 Å². The van der Waals surface area contributed by atoms with Gasteiger partial charge in [-0.3, -0.25) is 4.90 Å². The number of nitrogens with zero attached hydrogens (tertiary/aromatic N) is 2. The molecule has 2 aliphatic rings. The maximum absolute atomic E-state index is 14.0. The summed E-state index contributed by atoms with van der Waals surface area (Å²) in [5.74, 6) is 0.586. The smallest absolute Gasteiger partial charge is 0.127 e. The molecule has 0 amide bonds. The Bertz CT molecular complexity index is 527. The van der Waals surface area contributed by atoms with E-state index in [0.717, 1.165) is 25.6 Å². The lowest BCUT2D eigenvalue weighted by atomic mass is 10.1. The maximum Gasteiger partial charge on any atom is 0.127 e. The Kier molecular flexibility index (Phi) is 4.52. The molecule has 0 bridgehead atoms. The lowest BCUT2D eigenvalue weighted by Crippen LogP contribution is -2.38. The minimum absolute atomic E-state index is 0.200. The molecule has 3 rings (SSSR count). The van der Waals surface area contributed by atoms with Crippen LogP contribution in [0.4, 0.5) is 4.39 Å². The van der Waals surface area contributed by atoms with Crippen LogP contribution >= 0.6 is 0 Å². The highest BCUT2D eigenvalue weighted by molar-refractivity contribution is 5.33. The quantitative estimate of drug-likeness (QED) is 0.874. The third kappa shape index (κ3) is 4.03. The Morgan fingerprint density at radius 2 is 2.14 bits per heavy atom. The average molecular weight is 287 g/mol. The first-order valence-electron chi connectivity index (χ1n) is 7.89. The molecule has 1 N–H and O–H groups in total. The number of rotatable bonds is 6. The predicted octanol–water partition coefficient (Wildman–Crippen LogP) is 2.66. The van der Waals surface area contributed by atoms with Crippen molar-refractivity contribution >= 4 is 0 Å². The van der Waals surface area contributed by atoms with Gasteiger partial charge in [-0.2, -0.15) is 5.26 Å². The van der Waals surface area contributed by atoms with E-state index in [0.29, 0.717) is 23.7 Å². The molecule has 3 nitrogen and oxygen atoms in total. The van der Waals surface area contributed by atoms with Crippen LogP contribution in [0.1, 0.15) is 36.8 Å². The molecule has 2 fully saturated rings. The van der Waals surface area contributed by atoms with Crippen molar-refractivity contribution in [2.75, 3.05) is 19.6 Å². The fourth-order valence-electron chi connectivity index (χ4n) is 3.10. The zero-order valence-corrected chi connectivity index (χ0v) is 12.3. The second kappa shape index (κ2) is 6.55. The Hall–Kier alpha value is -1.44. The van der Waals surface area contributed by atoms with Crippen molar-refractivity contribution in [1.82, 2.24) is 10.2 Å². The highest BCUT2D eigenvalue weighted by Crippen LogP contribution is 2.30. The van der Waals surface area contributed by atoms with Gasteiger partial charge in [0.05, 0.1) is 11.6 Å². The van der Waals surface area contributed by atoms with Gasteiger partial charge in [-0.1, -0.05) is 0 Å². The van der Waals surface area contributed by atoms with Gasteiger partial charge in [0.25, 0.3) is 0 Å². The Morgan fingerprint density at radius 1 is 1.29 bits per heavy atom. The molecule has 1 heterocycles. The third-order valence-electron chi connectivity index (χ3n) is 4.42. The molecule has 4 heteroatoms. The van der Waals surface area contributed by atoms with E-state index < -0.39 is 0 Å². The van der Waals surface area contributed by atoms with Crippen molar-refractivity contribution < 1.29 is 4.39 Å². The number of nitriles is 1. The topological polar surface area (TPSA) is 39.1 Å². The minimum Gasteiger partial charge on any atom is -0.313 e. The summed E-state index contributed by atoms with van der Waals surface area (Å²) in [7, 11) is 0. The summed E-state index contributed by atoms with van der Waals surface area (Å²) < 4.78 is 14.0. The molecule has 1 saturated carbocycles. The molecule has 1 aromatic carbocycles. The van der Waals surface area contributed by atoms with Gasteiger partial charge in [0.2, 0.25) is 0 Å². The highest BCUT2D eigenvalue weighted by atomic mass is 19.1. The van der Waals surface area contributed by atoms with Crippen LogP contribution < -0.4 is 5.32 Å². The molecular weight excluding hydrogens is 265 g/mol. The molecular formula is C17H22FN3. The second-order valence-corrected chi connectivity index (χ2v) is 6.35. The Balaban J connectivity index is 1.68. The summed E-state index contributed by atoms with van der Waals surface area (Å²) in [6.07, 6.45) is 5.05. The second-order valence-electron chi connectivity index (χ2n) is 6.35. The van der Waals surface area contributed by atoms with E-state index in [1.165, 1.54) is 31.7 Å². The molecule has 21 heavy (non-hydrogen) atoms. The maximum atomic E-state index is 14.0. The number of halogens is 1. The van der Waals surface area contributed by atoms with Crippen LogP contribution in [0.25, 0.3) is 0 Å². The molecule has 1 aromatic rings. The lowest BCUT2D eigenvalue weighted by molar-refractivity contribution is 0.229. The van der Waals surface area contributed by atoms with E-state index in [2.05, 4.69) is 16.3 Å². The van der Waals surface area contributed by atoms with E-state index in [1.807, 2.05) is 0 Å². The predicted molar refractivity (Wildman–Crippen MR) is 80.1 cm³/mol. The van der Waals surface area contributed by atoms with Gasteiger partial charge < -0.3 is 5.32 Å². The zero-order valence-electron chi connectivity index (χ0n) is 12.3. The van der Waals surface area contributed by atoms with Crippen LogP contribution in [0.3, 0.4) is 0 Å². The molecule has 0 aromatic heterocycles. The van der Waals surface area contributed by atoms with E-state index in [-0.39, 0.29) is 5.82 Å². The van der Waals surface area contributed by atoms with Gasteiger partial charge in [0.1, 0.15) is 5.82 Å². The molecule has 1 atom stereocenters. The number of nitrogens with one attached hydrogen (secondary N) is 1. The molecule has 0 spiro atoms. The first-order chi connectivity index (χ1) is 10.2. The van der Waals surface area contributed by atoms with Crippen molar-refractivity contribution in [3.05, 3.63) is 35.1 Å². The number of hydrogen-bond acceptors (Lipinski definition) is 3. The van der Waals surface area contributed by atoms with Crippen LogP contribution in [-0.4, -0.2) is 30.6 Å². The molecule has 1 unspecified atom stereocenters. The van der Waals surface area contributed by atoms with Crippen LogP contribution in [0.15, 0.2) is 18.2 Å². The van der Waals surface area contributed by atoms with Crippen molar-refractivity contribution in [2.45, 2.75) is 38.3 Å². The first kappa shape index (κ1) is 14.5. The largest absolute Gasteiger partial charge is 0.313 e. The monoisotopic (exact) mass is 287 g/mol. The van der Waals surface area contributed by atoms with Crippen molar-refractivity contribution in [3.63, 3.8) is 0 Å². The Morgan fingerprint density at radius 3 is 2.81 bits per heavy atom. The Labute approximate surface area is 125 Å². The van der Waals surface area contributed by atoms with Crippen LogP contribution in [0.5, 0.6) is 0 Å². The summed E-state index contributed by atoms with van der Waals surface area (Å²) in [5.41, 5.74) is 1.18.